The molecule has 3 heterocycles. The quantitative estimate of drug-likeness (QED) is 0.129. The third-order valence-corrected chi connectivity index (χ3v) is 8.37. The highest BCUT2D eigenvalue weighted by Gasteiger charge is 2.35. The molecule has 11 heteroatoms. The molecular formula is C34H27N3O7S. The van der Waals surface area contributed by atoms with Gasteiger partial charge in [-0.1, -0.05) is 53.8 Å². The number of aryl methyl sites for hydroxylation is 1. The number of ether oxygens (including phenoxy) is 2. The van der Waals surface area contributed by atoms with E-state index in [0.717, 1.165) is 0 Å². The van der Waals surface area contributed by atoms with Crippen LogP contribution in [-0.4, -0.2) is 29.2 Å². The zero-order chi connectivity index (χ0) is 31.7. The number of thiazole rings is 1. The summed E-state index contributed by atoms with van der Waals surface area (Å²) in [5.41, 5.74) is 3.11. The fourth-order valence-electron chi connectivity index (χ4n) is 5.28. The maximum atomic E-state index is 14.1. The van der Waals surface area contributed by atoms with Crippen molar-refractivity contribution in [3.05, 3.63) is 143 Å². The molecule has 1 aliphatic heterocycles. The van der Waals surface area contributed by atoms with Crippen molar-refractivity contribution >= 4 is 34.8 Å². The van der Waals surface area contributed by atoms with Crippen LogP contribution in [0.4, 0.5) is 5.69 Å². The molecule has 226 valence electrons. The lowest BCUT2D eigenvalue weighted by Crippen LogP contribution is -2.40. The van der Waals surface area contributed by atoms with Crippen molar-refractivity contribution in [2.24, 2.45) is 4.99 Å². The molecule has 0 bridgehead atoms. The predicted molar refractivity (Wildman–Crippen MR) is 170 cm³/mol. The van der Waals surface area contributed by atoms with Crippen molar-refractivity contribution < 1.29 is 23.6 Å². The molecule has 1 atom stereocenters. The lowest BCUT2D eigenvalue weighted by molar-refractivity contribution is -0.384. The monoisotopic (exact) mass is 621 g/mol. The van der Waals surface area contributed by atoms with E-state index in [1.807, 2.05) is 42.5 Å². The lowest BCUT2D eigenvalue weighted by Gasteiger charge is -2.26. The second-order valence-electron chi connectivity index (χ2n) is 10.2. The van der Waals surface area contributed by atoms with Crippen LogP contribution in [-0.2, 0) is 9.53 Å². The summed E-state index contributed by atoms with van der Waals surface area (Å²) in [4.78, 5) is 43.7. The van der Waals surface area contributed by atoms with Crippen molar-refractivity contribution in [2.75, 3.05) is 13.7 Å². The molecule has 3 aromatic carbocycles. The van der Waals surface area contributed by atoms with Crippen LogP contribution in [0.15, 0.2) is 105 Å². The minimum atomic E-state index is -0.821. The van der Waals surface area contributed by atoms with E-state index in [2.05, 4.69) is 0 Å². The Labute approximate surface area is 261 Å². The highest BCUT2D eigenvalue weighted by Crippen LogP contribution is 2.36. The fourth-order valence-corrected chi connectivity index (χ4v) is 6.27. The number of non-ortho nitro benzene ring substituents is 1. The van der Waals surface area contributed by atoms with Gasteiger partial charge in [-0.3, -0.25) is 19.5 Å². The number of nitrogens with zero attached hydrogens (tertiary/aromatic N) is 3. The second kappa shape index (κ2) is 12.2. The van der Waals surface area contributed by atoms with E-state index < -0.39 is 16.9 Å². The number of nitro groups is 1. The Morgan fingerprint density at radius 1 is 1.09 bits per heavy atom. The van der Waals surface area contributed by atoms with Crippen LogP contribution in [0.2, 0.25) is 0 Å². The molecule has 0 saturated heterocycles. The van der Waals surface area contributed by atoms with Gasteiger partial charge >= 0.3 is 5.97 Å². The van der Waals surface area contributed by atoms with Gasteiger partial charge in [0.25, 0.3) is 11.2 Å². The molecule has 0 N–H and O–H groups in total. The number of esters is 1. The van der Waals surface area contributed by atoms with Crippen LogP contribution in [0.1, 0.15) is 35.4 Å². The van der Waals surface area contributed by atoms with E-state index in [-0.39, 0.29) is 23.4 Å². The maximum Gasteiger partial charge on any atom is 0.338 e. The van der Waals surface area contributed by atoms with Crippen LogP contribution in [0, 0.1) is 17.0 Å². The van der Waals surface area contributed by atoms with Gasteiger partial charge < -0.3 is 13.9 Å². The van der Waals surface area contributed by atoms with E-state index in [0.29, 0.717) is 54.6 Å². The summed E-state index contributed by atoms with van der Waals surface area (Å²) in [5, 5.41) is 11.2. The number of nitro benzene ring substituents is 1. The molecule has 6 rings (SSSR count). The Balaban J connectivity index is 1.52. The minimum absolute atomic E-state index is 0.00684. The molecule has 0 fully saturated rings. The van der Waals surface area contributed by atoms with Gasteiger partial charge in [-0.25, -0.2) is 9.79 Å². The number of furan rings is 1. The highest BCUT2D eigenvalue weighted by atomic mass is 32.1. The Kier molecular flexibility index (Phi) is 8.01. The first-order chi connectivity index (χ1) is 21.8. The third kappa shape index (κ3) is 5.61. The zero-order valence-electron chi connectivity index (χ0n) is 24.6. The SMILES string of the molecule is CCOC(=O)C1=C(c2ccccc2)N=c2s/c(=C\c3ccc(-c4ccc([N+](=O)[O-])cc4C)o3)c(=O)n2C1c1ccc(OC)cc1. The van der Waals surface area contributed by atoms with Crippen molar-refractivity contribution in [2.45, 2.75) is 19.9 Å². The largest absolute Gasteiger partial charge is 0.497 e. The first-order valence-electron chi connectivity index (χ1n) is 14.1. The summed E-state index contributed by atoms with van der Waals surface area (Å²) >= 11 is 1.18. The van der Waals surface area contributed by atoms with Gasteiger partial charge in [-0.15, -0.1) is 0 Å². The number of aromatic nitrogens is 1. The standard InChI is InChI=1S/C34H27N3O7S/c1-4-43-33(39)29-30(21-8-6-5-7-9-21)35-34-36(31(29)22-10-13-24(42-3)14-11-22)32(38)28(45-34)19-25-15-17-27(44-25)26-16-12-23(37(40)41)18-20(26)2/h5-19,31H,4H2,1-3H3/b28-19-. The summed E-state index contributed by atoms with van der Waals surface area (Å²) in [6.07, 6.45) is 1.63. The van der Waals surface area contributed by atoms with Crippen LogP contribution in [0.5, 0.6) is 5.75 Å². The Morgan fingerprint density at radius 3 is 2.51 bits per heavy atom. The van der Waals surface area contributed by atoms with E-state index >= 15 is 0 Å². The summed E-state index contributed by atoms with van der Waals surface area (Å²) in [6, 6.07) is 23.7. The van der Waals surface area contributed by atoms with Crippen molar-refractivity contribution in [1.29, 1.82) is 0 Å². The van der Waals surface area contributed by atoms with Gasteiger partial charge in [0, 0.05) is 29.3 Å². The van der Waals surface area contributed by atoms with Gasteiger partial charge in [0.2, 0.25) is 0 Å². The van der Waals surface area contributed by atoms with Gasteiger partial charge in [0.1, 0.15) is 17.3 Å². The lowest BCUT2D eigenvalue weighted by atomic mass is 9.93. The Hall–Kier alpha value is -5.55. The predicted octanol–water partition coefficient (Wildman–Crippen LogP) is 5.42. The van der Waals surface area contributed by atoms with Gasteiger partial charge in [0.15, 0.2) is 4.80 Å². The molecular weight excluding hydrogens is 594 g/mol. The third-order valence-electron chi connectivity index (χ3n) is 7.39. The number of hydrogen-bond acceptors (Lipinski definition) is 9. The van der Waals surface area contributed by atoms with Gasteiger partial charge in [0.05, 0.1) is 40.5 Å². The smallest absolute Gasteiger partial charge is 0.338 e. The van der Waals surface area contributed by atoms with E-state index in [4.69, 9.17) is 18.9 Å². The molecule has 2 aromatic heterocycles. The first-order valence-corrected chi connectivity index (χ1v) is 14.9. The molecule has 10 nitrogen and oxygen atoms in total. The van der Waals surface area contributed by atoms with Crippen LogP contribution < -0.4 is 19.6 Å². The van der Waals surface area contributed by atoms with Crippen LogP contribution in [0.25, 0.3) is 23.1 Å². The summed E-state index contributed by atoms with van der Waals surface area (Å²) in [5.74, 6) is 0.993. The van der Waals surface area contributed by atoms with Gasteiger partial charge in [-0.05, 0) is 55.3 Å². The van der Waals surface area contributed by atoms with Gasteiger partial charge in [-0.2, -0.15) is 0 Å². The maximum absolute atomic E-state index is 14.1. The molecule has 0 spiro atoms. The molecule has 0 amide bonds. The molecule has 0 radical (unpaired) electrons. The molecule has 5 aromatic rings. The number of methoxy groups -OCH3 is 1. The number of carbonyl (C=O) groups is 1. The van der Waals surface area contributed by atoms with E-state index in [9.17, 15) is 19.7 Å². The molecule has 0 saturated carbocycles. The minimum Gasteiger partial charge on any atom is -0.497 e. The van der Waals surface area contributed by atoms with E-state index in [1.54, 1.807) is 57.4 Å². The van der Waals surface area contributed by atoms with Crippen LogP contribution >= 0.6 is 11.3 Å². The van der Waals surface area contributed by atoms with Crippen molar-refractivity contribution in [3.8, 4) is 17.1 Å². The molecule has 45 heavy (non-hydrogen) atoms. The second-order valence-corrected chi connectivity index (χ2v) is 11.2. The number of benzene rings is 3. The number of hydrogen-bond donors (Lipinski definition) is 0. The zero-order valence-corrected chi connectivity index (χ0v) is 25.4. The first kappa shape index (κ1) is 29.5. The highest BCUT2D eigenvalue weighted by molar-refractivity contribution is 7.07. The molecule has 0 aliphatic carbocycles. The fraction of sp³-hybridized carbons (Fsp3) is 0.147. The summed E-state index contributed by atoms with van der Waals surface area (Å²) in [6.45, 7) is 3.65. The number of fused-ring (bicyclic) bond motifs is 1. The van der Waals surface area contributed by atoms with Crippen LogP contribution in [0.3, 0.4) is 0 Å². The Morgan fingerprint density at radius 2 is 1.84 bits per heavy atom. The van der Waals surface area contributed by atoms with Crippen molar-refractivity contribution in [3.63, 3.8) is 0 Å². The summed E-state index contributed by atoms with van der Waals surface area (Å²) < 4.78 is 18.8. The normalized spacial score (nSPS) is 14.6. The molecule has 1 aliphatic rings. The molecule has 1 unspecified atom stereocenters. The van der Waals surface area contributed by atoms with Crippen molar-refractivity contribution in [1.82, 2.24) is 4.57 Å². The number of rotatable bonds is 8. The average molecular weight is 622 g/mol. The van der Waals surface area contributed by atoms with E-state index in [1.165, 1.54) is 28.0 Å². The Bertz CT molecular complexity index is 2140. The average Bonchev–Trinajstić information content (AvgIpc) is 3.64. The topological polar surface area (TPSA) is 126 Å². The number of carbonyl (C=O) groups excluding carboxylic acids is 1. The summed E-state index contributed by atoms with van der Waals surface area (Å²) in [7, 11) is 1.57.